The molecular weight excluding hydrogens is 768 g/mol. The van der Waals surface area contributed by atoms with Gasteiger partial charge in [-0.1, -0.05) is 60.7 Å². The predicted octanol–water partition coefficient (Wildman–Crippen LogP) is 7.59. The van der Waals surface area contributed by atoms with Gasteiger partial charge in [-0.15, -0.1) is 0 Å². The molecule has 0 bridgehead atoms. The van der Waals surface area contributed by atoms with Crippen molar-refractivity contribution in [2.24, 2.45) is 0 Å². The number of nitrogens with one attached hydrogen (secondary N) is 4. The number of nitrogens with zero attached hydrogens (tertiary/aromatic N) is 4. The molecule has 8 rings (SSSR count). The number of hydrogen-bond acceptors (Lipinski definition) is 8. The van der Waals surface area contributed by atoms with Crippen molar-refractivity contribution in [2.45, 2.75) is 56.8 Å². The first-order valence-electron chi connectivity index (χ1n) is 19.9. The number of carbonyl (C=O) groups excluding carboxylic acids is 4. The van der Waals surface area contributed by atoms with Gasteiger partial charge in [0.1, 0.15) is 29.5 Å². The number of ether oxygens (including phenoxy) is 2. The summed E-state index contributed by atoms with van der Waals surface area (Å²) in [4.78, 5) is 70.6. The lowest BCUT2D eigenvalue weighted by atomic mass is 9.98. The minimum atomic E-state index is -1.05. The largest absolute Gasteiger partial charge is 0.453 e. The number of imidazole rings is 2. The van der Waals surface area contributed by atoms with Crippen LogP contribution in [0, 0.1) is 5.82 Å². The number of benzene rings is 4. The lowest BCUT2D eigenvalue weighted by molar-refractivity contribution is -0.135. The first-order valence-corrected chi connectivity index (χ1v) is 19.9. The second-order valence-corrected chi connectivity index (χ2v) is 15.1. The molecule has 0 radical (unpaired) electrons. The Morgan fingerprint density at radius 1 is 0.667 bits per heavy atom. The van der Waals surface area contributed by atoms with Crippen LogP contribution >= 0.6 is 0 Å². The van der Waals surface area contributed by atoms with Crippen LogP contribution in [0.4, 0.5) is 14.0 Å². The van der Waals surface area contributed by atoms with E-state index in [1.807, 2.05) is 12.1 Å². The van der Waals surface area contributed by atoms with Crippen molar-refractivity contribution >= 4 is 34.8 Å². The van der Waals surface area contributed by atoms with Gasteiger partial charge in [0.25, 0.3) is 5.91 Å². The van der Waals surface area contributed by atoms with E-state index in [1.54, 1.807) is 29.1 Å². The smallest absolute Gasteiger partial charge is 0.407 e. The molecule has 6 aromatic rings. The van der Waals surface area contributed by atoms with E-state index in [0.29, 0.717) is 36.7 Å². The molecule has 4 N–H and O–H groups in total. The SMILES string of the molecule is COC(=O)N[C@@H](C)C(=O)N1CCC[C@H]1c1ncc(-c2ccc3cc(-c4ccc(-c5cnc([C@@H]6CCCN6C(=O)[C@@H](NC(=O)OC)c6ccc(F)cc6)[nH]5)cc4)ccc3c2)[nH]1. The van der Waals surface area contributed by atoms with Gasteiger partial charge in [0.05, 0.1) is 50.1 Å². The quantitative estimate of drug-likeness (QED) is 0.109. The Kier molecular flexibility index (Phi) is 11.3. The number of methoxy groups -OCH3 is 2. The zero-order chi connectivity index (χ0) is 41.9. The molecule has 0 aliphatic carbocycles. The number of aromatic nitrogens is 4. The second-order valence-electron chi connectivity index (χ2n) is 15.1. The molecule has 15 heteroatoms. The highest BCUT2D eigenvalue weighted by Crippen LogP contribution is 2.36. The van der Waals surface area contributed by atoms with E-state index in [4.69, 9.17) is 4.74 Å². The van der Waals surface area contributed by atoms with E-state index in [0.717, 1.165) is 63.7 Å². The molecule has 4 heterocycles. The summed E-state index contributed by atoms with van der Waals surface area (Å²) >= 11 is 0. The molecule has 2 aliphatic rings. The molecule has 2 saturated heterocycles. The van der Waals surface area contributed by atoms with Crippen LogP contribution in [0.25, 0.3) is 44.4 Å². The minimum absolute atomic E-state index is 0.180. The maximum absolute atomic E-state index is 13.9. The van der Waals surface area contributed by atoms with Crippen molar-refractivity contribution in [2.75, 3.05) is 27.3 Å². The number of hydrogen-bond donors (Lipinski definition) is 4. The Hall–Kier alpha value is -7.03. The van der Waals surface area contributed by atoms with Crippen LogP contribution in [-0.2, 0) is 19.1 Å². The van der Waals surface area contributed by atoms with E-state index in [9.17, 15) is 23.6 Å². The summed E-state index contributed by atoms with van der Waals surface area (Å²) in [6.07, 6.45) is 5.22. The summed E-state index contributed by atoms with van der Waals surface area (Å²) in [5.41, 5.74) is 6.14. The summed E-state index contributed by atoms with van der Waals surface area (Å²) in [6.45, 7) is 2.72. The molecule has 2 aliphatic heterocycles. The Balaban J connectivity index is 0.941. The Morgan fingerprint density at radius 3 is 1.77 bits per heavy atom. The molecule has 0 unspecified atom stereocenters. The zero-order valence-electron chi connectivity index (χ0n) is 33.4. The first kappa shape index (κ1) is 39.8. The fourth-order valence-electron chi connectivity index (χ4n) is 8.20. The topological polar surface area (TPSA) is 175 Å². The van der Waals surface area contributed by atoms with E-state index in [2.05, 4.69) is 83.8 Å². The summed E-state index contributed by atoms with van der Waals surface area (Å²) < 4.78 is 23.1. The van der Waals surface area contributed by atoms with Crippen LogP contribution < -0.4 is 10.6 Å². The predicted molar refractivity (Wildman–Crippen MR) is 222 cm³/mol. The number of carbonyl (C=O) groups is 4. The van der Waals surface area contributed by atoms with Crippen molar-refractivity contribution in [3.05, 3.63) is 120 Å². The number of fused-ring (bicyclic) bond motifs is 1. The van der Waals surface area contributed by atoms with Crippen molar-refractivity contribution in [1.82, 2.24) is 40.4 Å². The number of aromatic amines is 2. The normalized spacial score (nSPS) is 17.3. The number of halogens is 1. The zero-order valence-corrected chi connectivity index (χ0v) is 33.4. The van der Waals surface area contributed by atoms with E-state index >= 15 is 0 Å². The highest BCUT2D eigenvalue weighted by Gasteiger charge is 2.38. The van der Waals surface area contributed by atoms with Gasteiger partial charge in [-0.05, 0) is 89.9 Å². The van der Waals surface area contributed by atoms with Crippen molar-refractivity contribution in [1.29, 1.82) is 0 Å². The number of rotatable bonds is 10. The van der Waals surface area contributed by atoms with Gasteiger partial charge >= 0.3 is 12.2 Å². The van der Waals surface area contributed by atoms with Crippen molar-refractivity contribution in [3.63, 3.8) is 0 Å². The fourth-order valence-corrected chi connectivity index (χ4v) is 8.20. The molecule has 60 heavy (non-hydrogen) atoms. The third-order valence-electron chi connectivity index (χ3n) is 11.4. The van der Waals surface area contributed by atoms with Crippen LogP contribution in [0.1, 0.15) is 67.9 Å². The van der Waals surface area contributed by atoms with E-state index < -0.39 is 30.1 Å². The van der Waals surface area contributed by atoms with Crippen LogP contribution in [-0.4, -0.2) is 87.1 Å². The van der Waals surface area contributed by atoms with Gasteiger partial charge in [-0.3, -0.25) is 9.59 Å². The van der Waals surface area contributed by atoms with E-state index in [-0.39, 0.29) is 23.9 Å². The standard InChI is InChI=1S/C45H45FN8O6/c1-26(49-44(57)59-2)42(55)53-20-4-6-37(53)40-48-25-36(51-40)33-15-14-31-22-30(12-13-32(31)23-33)27-8-10-28(11-9-27)35-24-47-41(50-35)38-7-5-21-54(38)43(56)39(52-45(58)60-3)29-16-18-34(46)19-17-29/h8-19,22-26,37-39H,4-7,20-21H2,1-3H3,(H,47,50)(H,48,51)(H,49,57)(H,52,58)/t26-,37-,38-,39-/m0/s1. The summed E-state index contributed by atoms with van der Waals surface area (Å²) in [5.74, 6) is 0.402. The Morgan fingerprint density at radius 2 is 1.17 bits per heavy atom. The molecule has 0 spiro atoms. The number of H-pyrrole nitrogens is 2. The van der Waals surface area contributed by atoms with Gasteiger partial charge in [0.2, 0.25) is 5.91 Å². The van der Waals surface area contributed by atoms with Gasteiger partial charge in [-0.25, -0.2) is 23.9 Å². The molecule has 4 amide bonds. The van der Waals surface area contributed by atoms with Crippen LogP contribution in [0.2, 0.25) is 0 Å². The maximum Gasteiger partial charge on any atom is 0.407 e. The molecular formula is C45H45FN8O6. The third kappa shape index (κ3) is 8.15. The number of likely N-dealkylation sites (tertiary alicyclic amines) is 2. The second kappa shape index (κ2) is 17.1. The lowest BCUT2D eigenvalue weighted by Crippen LogP contribution is -2.46. The van der Waals surface area contributed by atoms with E-state index in [1.165, 1.54) is 38.5 Å². The summed E-state index contributed by atoms with van der Waals surface area (Å²) in [6, 6.07) is 24.0. The first-order chi connectivity index (χ1) is 29.1. The van der Waals surface area contributed by atoms with Gasteiger partial charge in [0.15, 0.2) is 0 Å². The van der Waals surface area contributed by atoms with Crippen LogP contribution in [0.5, 0.6) is 0 Å². The van der Waals surface area contributed by atoms with Gasteiger partial charge in [-0.2, -0.15) is 0 Å². The Bertz CT molecular complexity index is 2540. The number of amides is 4. The molecule has 0 saturated carbocycles. The van der Waals surface area contributed by atoms with Crippen molar-refractivity contribution < 1.29 is 33.0 Å². The molecule has 2 fully saturated rings. The molecule has 14 nitrogen and oxygen atoms in total. The summed E-state index contributed by atoms with van der Waals surface area (Å²) in [5, 5.41) is 7.32. The number of alkyl carbamates (subject to hydrolysis) is 2. The molecule has 308 valence electrons. The van der Waals surface area contributed by atoms with Gasteiger partial charge < -0.3 is 39.9 Å². The van der Waals surface area contributed by atoms with Gasteiger partial charge in [0, 0.05) is 18.7 Å². The fraction of sp³-hybridized carbons (Fsp3) is 0.289. The van der Waals surface area contributed by atoms with Crippen molar-refractivity contribution in [3.8, 4) is 33.6 Å². The Labute approximate surface area is 345 Å². The minimum Gasteiger partial charge on any atom is -0.453 e. The highest BCUT2D eigenvalue weighted by atomic mass is 19.1. The monoisotopic (exact) mass is 812 g/mol. The van der Waals surface area contributed by atoms with Crippen LogP contribution in [0.15, 0.2) is 97.3 Å². The molecule has 4 atom stereocenters. The average molecular weight is 813 g/mol. The maximum atomic E-state index is 13.9. The molecule has 4 aromatic carbocycles. The highest BCUT2D eigenvalue weighted by molar-refractivity contribution is 5.91. The lowest BCUT2D eigenvalue weighted by Gasteiger charge is -2.28. The third-order valence-corrected chi connectivity index (χ3v) is 11.4. The average Bonchev–Trinajstić information content (AvgIpc) is 4.12. The summed E-state index contributed by atoms with van der Waals surface area (Å²) in [7, 11) is 2.49. The molecule has 2 aromatic heterocycles. The van der Waals surface area contributed by atoms with Crippen LogP contribution in [0.3, 0.4) is 0 Å².